The molecule has 0 heterocycles. The van der Waals surface area contributed by atoms with Gasteiger partial charge in [-0.2, -0.15) is 0 Å². The molecule has 0 unspecified atom stereocenters. The zero-order valence-electron chi connectivity index (χ0n) is 28.2. The van der Waals surface area contributed by atoms with E-state index in [1.807, 2.05) is 24.3 Å². The van der Waals surface area contributed by atoms with Crippen LogP contribution in [-0.4, -0.2) is 23.9 Å². The smallest absolute Gasteiger partial charge is 0.338 e. The van der Waals surface area contributed by atoms with Gasteiger partial charge >= 0.3 is 23.9 Å². The Kier molecular flexibility index (Phi) is 9.94. The number of hydrogen-bond donors (Lipinski definition) is 0. The first-order valence-electron chi connectivity index (χ1n) is 15.5. The summed E-state index contributed by atoms with van der Waals surface area (Å²) >= 11 is 0. The minimum atomic E-state index is -0.591. The Morgan fingerprint density at radius 3 is 1.00 bits per heavy atom. The first-order valence-corrected chi connectivity index (χ1v) is 15.5. The van der Waals surface area contributed by atoms with Gasteiger partial charge in [0.25, 0.3) is 0 Å². The molecule has 5 rings (SSSR count). The van der Waals surface area contributed by atoms with E-state index in [1.165, 1.54) is 0 Å². The Balaban J connectivity index is 1.75. The number of carbonyl (C=O) groups excluding carboxylic acids is 4. The third-order valence-electron chi connectivity index (χ3n) is 7.62. The molecule has 5 aromatic rings. The first-order chi connectivity index (χ1) is 23.7. The highest BCUT2D eigenvalue weighted by atomic mass is 16.5. The predicted molar refractivity (Wildman–Crippen MR) is 194 cm³/mol. The van der Waals surface area contributed by atoms with Crippen LogP contribution in [0.5, 0.6) is 23.0 Å². The Bertz CT molecular complexity index is 2110. The topological polar surface area (TPSA) is 105 Å². The lowest BCUT2D eigenvalue weighted by atomic mass is 9.91. The molecule has 0 spiro atoms. The van der Waals surface area contributed by atoms with Crippen LogP contribution in [0, 0.1) is 0 Å². The fraction of sp³-hybridized carbons (Fsp3) is 0.0952. The van der Waals surface area contributed by atoms with Gasteiger partial charge in [0.15, 0.2) is 0 Å². The second kappa shape index (κ2) is 14.3. The summed E-state index contributed by atoms with van der Waals surface area (Å²) in [6.07, 6.45) is 0. The van der Waals surface area contributed by atoms with Crippen molar-refractivity contribution in [1.29, 1.82) is 0 Å². The van der Waals surface area contributed by atoms with Gasteiger partial charge < -0.3 is 18.9 Å². The standard InChI is InChI=1S/C42H34O8/c1-23(2)39(43)47-29-13-9-27(10-14-29)31-17-19-37(49-41(45)25(5)6)35-22-34-32(28-11-15-30(16-12-28)48-40(44)24(3)4)18-20-38(36(34)21-33(31)35)50-42(46)26(7)8/h9-22H,1,3,5,7H2,2,4,6,8H3. The van der Waals surface area contributed by atoms with Crippen molar-refractivity contribution in [1.82, 2.24) is 0 Å². The van der Waals surface area contributed by atoms with Crippen molar-refractivity contribution < 1.29 is 38.1 Å². The van der Waals surface area contributed by atoms with Crippen molar-refractivity contribution in [2.24, 2.45) is 0 Å². The molecule has 0 aliphatic carbocycles. The van der Waals surface area contributed by atoms with Gasteiger partial charge in [0, 0.05) is 33.1 Å². The fourth-order valence-electron chi connectivity index (χ4n) is 4.98. The third kappa shape index (κ3) is 7.45. The monoisotopic (exact) mass is 666 g/mol. The average Bonchev–Trinajstić information content (AvgIpc) is 3.08. The van der Waals surface area contributed by atoms with Gasteiger partial charge in [0.2, 0.25) is 0 Å². The Morgan fingerprint density at radius 1 is 0.400 bits per heavy atom. The predicted octanol–water partition coefficient (Wildman–Crippen LogP) is 9.25. The second-order valence-electron chi connectivity index (χ2n) is 11.9. The number of carbonyl (C=O) groups is 4. The number of rotatable bonds is 10. The van der Waals surface area contributed by atoms with Gasteiger partial charge in [0.05, 0.1) is 0 Å². The number of fused-ring (bicyclic) bond motifs is 2. The Hall–Kier alpha value is -6.54. The van der Waals surface area contributed by atoms with Crippen molar-refractivity contribution in [3.63, 3.8) is 0 Å². The highest BCUT2D eigenvalue weighted by Crippen LogP contribution is 2.43. The van der Waals surface area contributed by atoms with E-state index >= 15 is 0 Å². The van der Waals surface area contributed by atoms with E-state index in [-0.39, 0.29) is 22.3 Å². The minimum Gasteiger partial charge on any atom is -0.423 e. The molecule has 5 aromatic carbocycles. The van der Waals surface area contributed by atoms with Crippen molar-refractivity contribution >= 4 is 45.4 Å². The summed E-state index contributed by atoms with van der Waals surface area (Å²) in [5.41, 5.74) is 4.09. The van der Waals surface area contributed by atoms with Crippen molar-refractivity contribution in [3.8, 4) is 45.3 Å². The number of hydrogen-bond acceptors (Lipinski definition) is 8. The minimum absolute atomic E-state index is 0.227. The van der Waals surface area contributed by atoms with Crippen molar-refractivity contribution in [2.75, 3.05) is 0 Å². The average molecular weight is 667 g/mol. The van der Waals surface area contributed by atoms with E-state index in [0.717, 1.165) is 22.3 Å². The summed E-state index contributed by atoms with van der Waals surface area (Å²) in [6, 6.07) is 24.7. The van der Waals surface area contributed by atoms with Crippen LogP contribution in [0.2, 0.25) is 0 Å². The molecule has 50 heavy (non-hydrogen) atoms. The molecule has 0 aliphatic heterocycles. The van der Waals surface area contributed by atoms with Crippen molar-refractivity contribution in [2.45, 2.75) is 27.7 Å². The van der Waals surface area contributed by atoms with E-state index in [2.05, 4.69) is 26.3 Å². The highest BCUT2D eigenvalue weighted by molar-refractivity contribution is 6.13. The van der Waals surface area contributed by atoms with Crippen LogP contribution < -0.4 is 18.9 Å². The molecular weight excluding hydrogens is 632 g/mol. The molecule has 0 aliphatic rings. The van der Waals surface area contributed by atoms with Gasteiger partial charge in [0.1, 0.15) is 23.0 Å². The van der Waals surface area contributed by atoms with Crippen LogP contribution in [0.15, 0.2) is 134 Å². The summed E-state index contributed by atoms with van der Waals surface area (Å²) in [6.45, 7) is 20.9. The number of benzene rings is 5. The van der Waals surface area contributed by atoms with Crippen LogP contribution in [0.1, 0.15) is 27.7 Å². The lowest BCUT2D eigenvalue weighted by Gasteiger charge is -2.17. The van der Waals surface area contributed by atoms with Crippen LogP contribution in [-0.2, 0) is 19.2 Å². The molecular formula is C42H34O8. The molecule has 0 atom stereocenters. The van der Waals surface area contributed by atoms with E-state index in [4.69, 9.17) is 18.9 Å². The maximum Gasteiger partial charge on any atom is 0.338 e. The normalized spacial score (nSPS) is 10.6. The molecule has 0 saturated heterocycles. The summed E-state index contributed by atoms with van der Waals surface area (Å²) in [5, 5.41) is 2.56. The van der Waals surface area contributed by atoms with E-state index in [0.29, 0.717) is 44.5 Å². The van der Waals surface area contributed by atoms with E-state index < -0.39 is 23.9 Å². The second-order valence-corrected chi connectivity index (χ2v) is 11.9. The van der Waals surface area contributed by atoms with E-state index in [1.54, 1.807) is 88.4 Å². The third-order valence-corrected chi connectivity index (χ3v) is 7.62. The lowest BCUT2D eigenvalue weighted by molar-refractivity contribution is -0.130. The molecule has 8 nitrogen and oxygen atoms in total. The molecule has 0 saturated carbocycles. The van der Waals surface area contributed by atoms with Gasteiger partial charge in [-0.3, -0.25) is 0 Å². The molecule has 8 heteroatoms. The summed E-state index contributed by atoms with van der Waals surface area (Å²) < 4.78 is 22.3. The molecule has 0 N–H and O–H groups in total. The zero-order chi connectivity index (χ0) is 36.3. The number of esters is 4. The Morgan fingerprint density at radius 2 is 0.700 bits per heavy atom. The highest BCUT2D eigenvalue weighted by Gasteiger charge is 2.19. The summed E-state index contributed by atoms with van der Waals surface area (Å²) in [4.78, 5) is 49.6. The quantitative estimate of drug-likeness (QED) is 0.0629. The molecule has 0 amide bonds. The SMILES string of the molecule is C=C(C)C(=O)Oc1ccc(-c2ccc(OC(=O)C(=C)C)c3cc4c(-c5ccc(OC(=O)C(=C)C)cc5)ccc(OC(=O)C(=C)C)c4cc23)cc1. The summed E-state index contributed by atoms with van der Waals surface area (Å²) in [7, 11) is 0. The molecule has 0 bridgehead atoms. The van der Waals surface area contributed by atoms with Crippen LogP contribution in [0.4, 0.5) is 0 Å². The van der Waals surface area contributed by atoms with Gasteiger partial charge in [-0.05, 0) is 109 Å². The summed E-state index contributed by atoms with van der Waals surface area (Å²) in [5.74, 6) is -0.961. The van der Waals surface area contributed by atoms with Crippen LogP contribution >= 0.6 is 0 Å². The lowest BCUT2D eigenvalue weighted by Crippen LogP contribution is -2.09. The number of ether oxygens (including phenoxy) is 4. The molecule has 0 radical (unpaired) electrons. The zero-order valence-corrected chi connectivity index (χ0v) is 28.2. The van der Waals surface area contributed by atoms with E-state index in [9.17, 15) is 19.2 Å². The largest absolute Gasteiger partial charge is 0.423 e. The maximum atomic E-state index is 12.7. The maximum absolute atomic E-state index is 12.7. The van der Waals surface area contributed by atoms with Gasteiger partial charge in [-0.15, -0.1) is 0 Å². The van der Waals surface area contributed by atoms with Crippen molar-refractivity contribution in [3.05, 3.63) is 134 Å². The molecule has 0 aromatic heterocycles. The van der Waals surface area contributed by atoms with Crippen LogP contribution in [0.3, 0.4) is 0 Å². The first kappa shape index (κ1) is 34.8. The van der Waals surface area contributed by atoms with Gasteiger partial charge in [-0.25, -0.2) is 19.2 Å². The van der Waals surface area contributed by atoms with Gasteiger partial charge in [-0.1, -0.05) is 62.7 Å². The molecule has 250 valence electrons. The Labute approximate surface area is 289 Å². The van der Waals surface area contributed by atoms with Crippen LogP contribution in [0.25, 0.3) is 43.8 Å². The molecule has 0 fully saturated rings. The fourth-order valence-corrected chi connectivity index (χ4v) is 4.98.